The molecule has 1 heterocycles. The molecule has 23 heavy (non-hydrogen) atoms. The molecular weight excluding hydrogens is 310 g/mol. The summed E-state index contributed by atoms with van der Waals surface area (Å²) in [6.45, 7) is 2.49. The maximum atomic E-state index is 10.9. The molecule has 0 N–H and O–H groups in total. The Morgan fingerprint density at radius 2 is 1.87 bits per heavy atom. The molecule has 0 aliphatic carbocycles. The van der Waals surface area contributed by atoms with Crippen molar-refractivity contribution in [1.82, 2.24) is 4.98 Å². The van der Waals surface area contributed by atoms with Crippen LogP contribution in [0.5, 0.6) is 5.75 Å². The highest BCUT2D eigenvalue weighted by atomic mass is 32.2. The van der Waals surface area contributed by atoms with Crippen LogP contribution in [0.15, 0.2) is 59.5 Å². The fraction of sp³-hybridized carbons (Fsp3) is 0.167. The number of rotatable bonds is 5. The van der Waals surface area contributed by atoms with Crippen molar-refractivity contribution in [1.29, 1.82) is 0 Å². The summed E-state index contributed by atoms with van der Waals surface area (Å²) in [6.07, 6.45) is 0.863. The first kappa shape index (κ1) is 15.6. The molecule has 0 amide bonds. The van der Waals surface area contributed by atoms with E-state index in [9.17, 15) is 8.76 Å². The van der Waals surface area contributed by atoms with E-state index >= 15 is 0 Å². The Hall–Kier alpha value is -2.24. The van der Waals surface area contributed by atoms with Crippen molar-refractivity contribution in [2.75, 3.05) is 0 Å². The van der Waals surface area contributed by atoms with Crippen molar-refractivity contribution in [3.8, 4) is 5.75 Å². The van der Waals surface area contributed by atoms with Gasteiger partial charge in [0, 0.05) is 21.5 Å². The zero-order chi connectivity index (χ0) is 16.2. The molecule has 1 atom stereocenters. The smallest absolute Gasteiger partial charge is 0.119 e. The summed E-state index contributed by atoms with van der Waals surface area (Å²) in [4.78, 5) is 4.87. The molecule has 3 rings (SSSR count). The highest BCUT2D eigenvalue weighted by molar-refractivity contribution is 7.79. The first-order chi connectivity index (χ1) is 11.2. The maximum Gasteiger partial charge on any atom is 0.119 e. The molecular formula is C18H16NO3S-. The fourth-order valence-corrected chi connectivity index (χ4v) is 2.78. The fourth-order valence-electron chi connectivity index (χ4n) is 2.42. The van der Waals surface area contributed by atoms with E-state index in [2.05, 4.69) is 18.0 Å². The van der Waals surface area contributed by atoms with Gasteiger partial charge in [-0.05, 0) is 53.9 Å². The van der Waals surface area contributed by atoms with Crippen LogP contribution < -0.4 is 4.74 Å². The van der Waals surface area contributed by atoms with Gasteiger partial charge in [-0.2, -0.15) is 0 Å². The van der Waals surface area contributed by atoms with Gasteiger partial charge in [0.1, 0.15) is 12.4 Å². The number of ether oxygens (including phenoxy) is 1. The van der Waals surface area contributed by atoms with Crippen LogP contribution in [0.1, 0.15) is 18.2 Å². The third-order valence-electron chi connectivity index (χ3n) is 3.63. The Balaban J connectivity index is 1.85. The van der Waals surface area contributed by atoms with Gasteiger partial charge in [-0.25, -0.2) is 0 Å². The van der Waals surface area contributed by atoms with E-state index in [0.717, 1.165) is 28.6 Å². The van der Waals surface area contributed by atoms with Gasteiger partial charge < -0.3 is 9.29 Å². The molecule has 1 unspecified atom stereocenters. The molecule has 0 fully saturated rings. The van der Waals surface area contributed by atoms with Crippen LogP contribution in [0, 0.1) is 0 Å². The monoisotopic (exact) mass is 326 g/mol. The summed E-state index contributed by atoms with van der Waals surface area (Å²) in [5, 5.41) is 1.07. The Labute approximate surface area is 137 Å². The number of para-hydroxylation sites is 1. The average molecular weight is 326 g/mol. The number of aromatic nitrogens is 1. The minimum Gasteiger partial charge on any atom is -0.768 e. The molecule has 4 nitrogen and oxygen atoms in total. The molecule has 0 bridgehead atoms. The van der Waals surface area contributed by atoms with Crippen molar-refractivity contribution < 1.29 is 13.5 Å². The van der Waals surface area contributed by atoms with Crippen LogP contribution in [0.2, 0.25) is 0 Å². The van der Waals surface area contributed by atoms with Crippen molar-refractivity contribution >= 4 is 22.0 Å². The number of benzene rings is 2. The van der Waals surface area contributed by atoms with Gasteiger partial charge in [0.05, 0.1) is 5.52 Å². The lowest BCUT2D eigenvalue weighted by molar-refractivity contribution is 0.307. The normalized spacial score (nSPS) is 12.3. The first-order valence-electron chi connectivity index (χ1n) is 7.37. The van der Waals surface area contributed by atoms with Crippen molar-refractivity contribution in [3.05, 3.63) is 65.9 Å². The first-order valence-corrected chi connectivity index (χ1v) is 8.44. The lowest BCUT2D eigenvalue weighted by Crippen LogP contribution is -2.00. The zero-order valence-electron chi connectivity index (χ0n) is 12.7. The third-order valence-corrected chi connectivity index (χ3v) is 4.28. The SMILES string of the molecule is CCc1cc(COc2ccc(S(=O)[O-])cc2)c2ccccc2n1. The number of fused-ring (bicyclic) bond motifs is 1. The Kier molecular flexibility index (Phi) is 4.69. The van der Waals surface area contributed by atoms with E-state index in [4.69, 9.17) is 4.74 Å². The number of aryl methyl sites for hydroxylation is 1. The van der Waals surface area contributed by atoms with Crippen LogP contribution in [0.25, 0.3) is 10.9 Å². The van der Waals surface area contributed by atoms with Crippen LogP contribution >= 0.6 is 0 Å². The summed E-state index contributed by atoms with van der Waals surface area (Å²) in [7, 11) is 0. The summed E-state index contributed by atoms with van der Waals surface area (Å²) >= 11 is -2.21. The van der Waals surface area contributed by atoms with Gasteiger partial charge >= 0.3 is 0 Å². The molecule has 0 radical (unpaired) electrons. The number of hydrogen-bond acceptors (Lipinski definition) is 4. The zero-order valence-corrected chi connectivity index (χ0v) is 13.5. The molecule has 0 spiro atoms. The molecule has 1 aromatic heterocycles. The van der Waals surface area contributed by atoms with Crippen molar-refractivity contribution in [2.24, 2.45) is 0 Å². The summed E-state index contributed by atoms with van der Waals surface area (Å²) in [5.74, 6) is 0.637. The van der Waals surface area contributed by atoms with E-state index in [1.54, 1.807) is 12.1 Å². The number of pyridine rings is 1. The Morgan fingerprint density at radius 1 is 1.13 bits per heavy atom. The van der Waals surface area contributed by atoms with Gasteiger partial charge in [-0.15, -0.1) is 0 Å². The summed E-state index contributed by atoms with van der Waals surface area (Å²) in [6, 6.07) is 16.4. The standard InChI is InChI=1S/C18H17NO3S/c1-2-14-11-13(17-5-3-4-6-18(17)19-14)12-22-15-7-9-16(10-8-15)23(20)21/h3-11H,2,12H2,1H3,(H,20,21)/p-1. The largest absolute Gasteiger partial charge is 0.768 e. The lowest BCUT2D eigenvalue weighted by Gasteiger charge is -2.11. The Bertz CT molecular complexity index is 847. The van der Waals surface area contributed by atoms with E-state index in [-0.39, 0.29) is 4.90 Å². The average Bonchev–Trinajstić information content (AvgIpc) is 2.59. The Morgan fingerprint density at radius 3 is 2.57 bits per heavy atom. The molecule has 0 aliphatic rings. The number of hydrogen-bond donors (Lipinski definition) is 0. The van der Waals surface area contributed by atoms with Crippen LogP contribution in [0.4, 0.5) is 0 Å². The van der Waals surface area contributed by atoms with E-state index < -0.39 is 11.1 Å². The topological polar surface area (TPSA) is 62.2 Å². The van der Waals surface area contributed by atoms with Gasteiger partial charge in [-0.1, -0.05) is 25.1 Å². The van der Waals surface area contributed by atoms with Gasteiger partial charge in [0.25, 0.3) is 0 Å². The molecule has 5 heteroatoms. The molecule has 0 saturated carbocycles. The second kappa shape index (κ2) is 6.89. The molecule has 118 valence electrons. The predicted octanol–water partition coefficient (Wildman–Crippen LogP) is 3.61. The van der Waals surface area contributed by atoms with Crippen LogP contribution in [0.3, 0.4) is 0 Å². The van der Waals surface area contributed by atoms with E-state index in [1.165, 1.54) is 12.1 Å². The highest BCUT2D eigenvalue weighted by Crippen LogP contribution is 2.21. The molecule has 2 aromatic carbocycles. The van der Waals surface area contributed by atoms with Crippen molar-refractivity contribution in [3.63, 3.8) is 0 Å². The van der Waals surface area contributed by atoms with Crippen LogP contribution in [-0.4, -0.2) is 13.7 Å². The molecule has 0 saturated heterocycles. The van der Waals surface area contributed by atoms with E-state index in [0.29, 0.717) is 12.4 Å². The van der Waals surface area contributed by atoms with Gasteiger partial charge in [0.15, 0.2) is 0 Å². The second-order valence-electron chi connectivity index (χ2n) is 5.14. The summed E-state index contributed by atoms with van der Waals surface area (Å²) < 4.78 is 27.5. The lowest BCUT2D eigenvalue weighted by atomic mass is 10.1. The van der Waals surface area contributed by atoms with E-state index in [1.807, 2.05) is 24.3 Å². The highest BCUT2D eigenvalue weighted by Gasteiger charge is 2.06. The van der Waals surface area contributed by atoms with Gasteiger partial charge in [-0.3, -0.25) is 9.19 Å². The maximum absolute atomic E-state index is 10.9. The minimum atomic E-state index is -2.21. The molecule has 0 aliphatic heterocycles. The van der Waals surface area contributed by atoms with Gasteiger partial charge in [0.2, 0.25) is 0 Å². The van der Waals surface area contributed by atoms with Crippen LogP contribution in [-0.2, 0) is 24.1 Å². The minimum absolute atomic E-state index is 0.250. The quantitative estimate of drug-likeness (QED) is 0.672. The summed E-state index contributed by atoms with van der Waals surface area (Å²) in [5.41, 5.74) is 3.06. The third kappa shape index (κ3) is 3.57. The predicted molar refractivity (Wildman–Crippen MR) is 89.1 cm³/mol. The van der Waals surface area contributed by atoms with Crippen molar-refractivity contribution in [2.45, 2.75) is 24.8 Å². The molecule has 3 aromatic rings. The number of nitrogens with zero attached hydrogens (tertiary/aromatic N) is 1. The second-order valence-corrected chi connectivity index (χ2v) is 6.08.